The van der Waals surface area contributed by atoms with Gasteiger partial charge in [-0.05, 0) is 43.2 Å². The largest absolute Gasteiger partial charge is 0.508 e. The molecule has 1 atom stereocenters. The molecule has 0 radical (unpaired) electrons. The third kappa shape index (κ3) is 7.06. The molecule has 6 nitrogen and oxygen atoms in total. The van der Waals surface area contributed by atoms with Gasteiger partial charge in [0, 0.05) is 37.2 Å². The monoisotopic (exact) mass is 390 g/mol. The molecule has 1 unspecified atom stereocenters. The van der Waals surface area contributed by atoms with Gasteiger partial charge >= 0.3 is 0 Å². The number of amides is 2. The van der Waals surface area contributed by atoms with Crippen LogP contribution in [-0.4, -0.2) is 47.6 Å². The first-order chi connectivity index (χ1) is 13.2. The Morgan fingerprint density at radius 3 is 2.64 bits per heavy atom. The van der Waals surface area contributed by atoms with Crippen molar-refractivity contribution >= 4 is 11.8 Å². The van der Waals surface area contributed by atoms with Crippen molar-refractivity contribution in [3.8, 4) is 11.5 Å². The predicted octanol–water partition coefficient (Wildman–Crippen LogP) is 3.58. The van der Waals surface area contributed by atoms with Gasteiger partial charge in [0.25, 0.3) is 5.91 Å². The van der Waals surface area contributed by atoms with Crippen molar-refractivity contribution < 1.29 is 19.4 Å². The number of phenolic OH excluding ortho intramolecular Hbond substituents is 1. The lowest BCUT2D eigenvalue weighted by Crippen LogP contribution is -2.36. The molecule has 156 valence electrons. The summed E-state index contributed by atoms with van der Waals surface area (Å²) < 4.78 is 5.63. The van der Waals surface area contributed by atoms with E-state index in [1.54, 1.807) is 6.07 Å². The van der Waals surface area contributed by atoms with Crippen LogP contribution >= 0.6 is 0 Å². The molecule has 1 heterocycles. The molecule has 1 aromatic rings. The summed E-state index contributed by atoms with van der Waals surface area (Å²) in [5, 5.41) is 12.9. The van der Waals surface area contributed by atoms with Gasteiger partial charge in [0.15, 0.2) is 0 Å². The van der Waals surface area contributed by atoms with E-state index in [1.165, 1.54) is 12.1 Å². The van der Waals surface area contributed by atoms with Crippen molar-refractivity contribution in [3.63, 3.8) is 0 Å². The van der Waals surface area contributed by atoms with Crippen molar-refractivity contribution in [2.24, 2.45) is 11.8 Å². The summed E-state index contributed by atoms with van der Waals surface area (Å²) in [6.45, 7) is 10.3. The van der Waals surface area contributed by atoms with Crippen molar-refractivity contribution in [2.45, 2.75) is 59.4 Å². The van der Waals surface area contributed by atoms with E-state index < -0.39 is 0 Å². The number of hydrogen-bond acceptors (Lipinski definition) is 4. The summed E-state index contributed by atoms with van der Waals surface area (Å²) in [5.41, 5.74) is 0.367. The molecule has 1 aromatic carbocycles. The highest BCUT2D eigenvalue weighted by Crippen LogP contribution is 2.23. The van der Waals surface area contributed by atoms with E-state index >= 15 is 0 Å². The summed E-state index contributed by atoms with van der Waals surface area (Å²) in [6, 6.07) is 4.54. The van der Waals surface area contributed by atoms with Crippen LogP contribution in [-0.2, 0) is 4.79 Å². The molecule has 0 bridgehead atoms. The average molecular weight is 391 g/mol. The molecule has 1 saturated heterocycles. The molecule has 1 fully saturated rings. The quantitative estimate of drug-likeness (QED) is 0.711. The van der Waals surface area contributed by atoms with Gasteiger partial charge in [0.1, 0.15) is 11.5 Å². The van der Waals surface area contributed by atoms with Crippen molar-refractivity contribution in [2.75, 3.05) is 19.7 Å². The van der Waals surface area contributed by atoms with Gasteiger partial charge in [-0.15, -0.1) is 0 Å². The number of aromatic hydroxyl groups is 1. The molecular formula is C22H34N2O4. The second-order valence-corrected chi connectivity index (χ2v) is 8.48. The standard InChI is InChI=1S/C22H34N2O4/c1-15(2)7-9-24-10-8-18(5-6-21(24)26)23-22(27)17-11-19(25)13-20(12-17)28-14-16(3)4/h11-13,15-16,18,25H,5-10,14H2,1-4H3,(H,23,27). The maximum absolute atomic E-state index is 12.7. The average Bonchev–Trinajstić information content (AvgIpc) is 2.79. The summed E-state index contributed by atoms with van der Waals surface area (Å²) in [7, 11) is 0. The maximum atomic E-state index is 12.7. The van der Waals surface area contributed by atoms with Crippen LogP contribution in [0.1, 0.15) is 63.7 Å². The Labute approximate surface area is 168 Å². The number of carbonyl (C=O) groups is 2. The van der Waals surface area contributed by atoms with Gasteiger partial charge in [-0.1, -0.05) is 27.7 Å². The highest BCUT2D eigenvalue weighted by atomic mass is 16.5. The van der Waals surface area contributed by atoms with Gasteiger partial charge in [0.2, 0.25) is 5.91 Å². The molecule has 2 rings (SSSR count). The molecule has 0 spiro atoms. The first kappa shape index (κ1) is 22.1. The lowest BCUT2D eigenvalue weighted by Gasteiger charge is -2.22. The number of likely N-dealkylation sites (tertiary alicyclic amines) is 1. The fraction of sp³-hybridized carbons (Fsp3) is 0.636. The van der Waals surface area contributed by atoms with Gasteiger partial charge < -0.3 is 20.1 Å². The third-order valence-corrected chi connectivity index (χ3v) is 4.86. The van der Waals surface area contributed by atoms with E-state index in [4.69, 9.17) is 4.74 Å². The van der Waals surface area contributed by atoms with Crippen LogP contribution in [0.4, 0.5) is 0 Å². The van der Waals surface area contributed by atoms with Crippen LogP contribution in [0.2, 0.25) is 0 Å². The minimum atomic E-state index is -0.252. The number of phenols is 1. The van der Waals surface area contributed by atoms with E-state index in [9.17, 15) is 14.7 Å². The van der Waals surface area contributed by atoms with Crippen molar-refractivity contribution in [1.82, 2.24) is 10.2 Å². The normalized spacial score (nSPS) is 17.7. The number of benzene rings is 1. The molecule has 2 amide bonds. The molecule has 0 aliphatic carbocycles. The Hall–Kier alpha value is -2.24. The van der Waals surface area contributed by atoms with Gasteiger partial charge in [-0.3, -0.25) is 9.59 Å². The van der Waals surface area contributed by atoms with Gasteiger partial charge in [0.05, 0.1) is 6.61 Å². The number of carbonyl (C=O) groups excluding carboxylic acids is 2. The first-order valence-corrected chi connectivity index (χ1v) is 10.3. The summed E-state index contributed by atoms with van der Waals surface area (Å²) in [6.07, 6.45) is 2.82. The molecule has 2 N–H and O–H groups in total. The Kier molecular flexibility index (Phi) is 8.15. The number of rotatable bonds is 8. The van der Waals surface area contributed by atoms with Crippen LogP contribution in [0, 0.1) is 11.8 Å². The molecular weight excluding hydrogens is 356 g/mol. The molecule has 1 aliphatic rings. The maximum Gasteiger partial charge on any atom is 0.251 e. The fourth-order valence-corrected chi connectivity index (χ4v) is 3.16. The summed E-state index contributed by atoms with van der Waals surface area (Å²) >= 11 is 0. The lowest BCUT2D eigenvalue weighted by molar-refractivity contribution is -0.130. The number of nitrogens with one attached hydrogen (secondary N) is 1. The minimum Gasteiger partial charge on any atom is -0.508 e. The SMILES string of the molecule is CC(C)CCN1CCC(NC(=O)c2cc(O)cc(OCC(C)C)c2)CCC1=O. The van der Waals surface area contributed by atoms with Crippen LogP contribution in [0.15, 0.2) is 18.2 Å². The highest BCUT2D eigenvalue weighted by molar-refractivity contribution is 5.95. The zero-order chi connectivity index (χ0) is 20.7. The van der Waals surface area contributed by atoms with E-state index in [-0.39, 0.29) is 23.6 Å². The third-order valence-electron chi connectivity index (χ3n) is 4.86. The van der Waals surface area contributed by atoms with Crippen LogP contribution in [0.3, 0.4) is 0 Å². The molecule has 28 heavy (non-hydrogen) atoms. The van der Waals surface area contributed by atoms with Gasteiger partial charge in [-0.25, -0.2) is 0 Å². The Morgan fingerprint density at radius 1 is 1.21 bits per heavy atom. The van der Waals surface area contributed by atoms with Crippen LogP contribution < -0.4 is 10.1 Å². The second-order valence-electron chi connectivity index (χ2n) is 8.48. The highest BCUT2D eigenvalue weighted by Gasteiger charge is 2.24. The second kappa shape index (κ2) is 10.3. The number of hydrogen-bond donors (Lipinski definition) is 2. The molecule has 1 aliphatic heterocycles. The summed E-state index contributed by atoms with van der Waals surface area (Å²) in [5.74, 6) is 1.31. The minimum absolute atomic E-state index is 0.00214. The predicted molar refractivity (Wildman–Crippen MR) is 110 cm³/mol. The van der Waals surface area contributed by atoms with E-state index in [0.29, 0.717) is 49.1 Å². The Balaban J connectivity index is 1.96. The molecule has 0 aromatic heterocycles. The topological polar surface area (TPSA) is 78.9 Å². The zero-order valence-electron chi connectivity index (χ0n) is 17.5. The summed E-state index contributed by atoms with van der Waals surface area (Å²) in [4.78, 5) is 26.9. The molecule has 6 heteroatoms. The Bertz CT molecular complexity index is 673. The lowest BCUT2D eigenvalue weighted by atomic mass is 10.1. The van der Waals surface area contributed by atoms with Crippen LogP contribution in [0.5, 0.6) is 11.5 Å². The van der Waals surface area contributed by atoms with E-state index in [0.717, 1.165) is 19.4 Å². The fourth-order valence-electron chi connectivity index (χ4n) is 3.16. The first-order valence-electron chi connectivity index (χ1n) is 10.3. The van der Waals surface area contributed by atoms with E-state index in [1.807, 2.05) is 18.7 Å². The van der Waals surface area contributed by atoms with Crippen molar-refractivity contribution in [1.29, 1.82) is 0 Å². The Morgan fingerprint density at radius 2 is 1.96 bits per heavy atom. The van der Waals surface area contributed by atoms with Crippen LogP contribution in [0.25, 0.3) is 0 Å². The smallest absolute Gasteiger partial charge is 0.251 e. The van der Waals surface area contributed by atoms with E-state index in [2.05, 4.69) is 19.2 Å². The number of ether oxygens (including phenoxy) is 1. The van der Waals surface area contributed by atoms with Gasteiger partial charge in [-0.2, -0.15) is 0 Å². The zero-order valence-corrected chi connectivity index (χ0v) is 17.5. The molecule has 0 saturated carbocycles. The number of nitrogens with zero attached hydrogens (tertiary/aromatic N) is 1. The van der Waals surface area contributed by atoms with Crippen molar-refractivity contribution in [3.05, 3.63) is 23.8 Å².